The van der Waals surface area contributed by atoms with Crippen LogP contribution in [0.5, 0.6) is 0 Å². The number of esters is 1. The Morgan fingerprint density at radius 2 is 0.833 bits per heavy atom. The molecule has 0 amide bonds. The molecule has 0 atom stereocenters. The van der Waals surface area contributed by atoms with Gasteiger partial charge < -0.3 is 28.1 Å². The Bertz CT molecular complexity index is 581. The molecule has 7 nitrogen and oxygen atoms in total. The number of carbonyl (C=O) groups excluding carboxylic acids is 1. The monoisotopic (exact) mass is 618 g/mol. The van der Waals surface area contributed by atoms with E-state index in [-0.39, 0.29) is 11.0 Å². The first kappa shape index (κ1) is 41.5. The lowest BCUT2D eigenvalue weighted by atomic mass is 10.0. The van der Waals surface area contributed by atoms with Gasteiger partial charge in [0.15, 0.2) is 8.32 Å². The second kappa shape index (κ2) is 29.2. The minimum atomic E-state index is -1.69. The van der Waals surface area contributed by atoms with Crippen LogP contribution in [-0.2, 0) is 32.9 Å². The maximum Gasteiger partial charge on any atom is 0.305 e. The molecule has 0 aromatic carbocycles. The molecule has 0 aromatic heterocycles. The number of unbranched alkanes of at least 4 members (excludes halogenated alkanes) is 14. The lowest BCUT2D eigenvalue weighted by Crippen LogP contribution is -2.41. The number of hydrogen-bond acceptors (Lipinski definition) is 7. The number of carbonyl (C=O) groups is 1. The van der Waals surface area contributed by atoms with E-state index in [1.54, 1.807) is 0 Å². The van der Waals surface area contributed by atoms with Crippen molar-refractivity contribution in [2.45, 2.75) is 149 Å². The summed E-state index contributed by atoms with van der Waals surface area (Å²) in [6.45, 7) is 18.6. The summed E-state index contributed by atoms with van der Waals surface area (Å²) < 4.78 is 33.4. The van der Waals surface area contributed by atoms with Gasteiger partial charge in [-0.3, -0.25) is 4.79 Å². The van der Waals surface area contributed by atoms with Crippen molar-refractivity contribution in [2.24, 2.45) is 0 Å². The molecule has 0 unspecified atom stereocenters. The largest absolute Gasteiger partial charge is 0.463 e. The lowest BCUT2D eigenvalue weighted by molar-refractivity contribution is -0.145. The van der Waals surface area contributed by atoms with Crippen molar-refractivity contribution in [2.75, 3.05) is 66.1 Å². The predicted molar refractivity (Wildman–Crippen MR) is 177 cm³/mol. The highest BCUT2D eigenvalue weighted by atomic mass is 28.4. The summed E-state index contributed by atoms with van der Waals surface area (Å²) in [4.78, 5) is 11.9. The van der Waals surface area contributed by atoms with Crippen LogP contribution in [0.3, 0.4) is 0 Å². The van der Waals surface area contributed by atoms with E-state index in [2.05, 4.69) is 40.8 Å². The van der Waals surface area contributed by atoms with E-state index in [0.29, 0.717) is 72.5 Å². The zero-order valence-electron chi connectivity index (χ0n) is 28.7. The number of hydrogen-bond donors (Lipinski definition) is 0. The van der Waals surface area contributed by atoms with E-state index >= 15 is 0 Å². The first-order valence-electron chi connectivity index (χ1n) is 17.3. The molecule has 0 aliphatic heterocycles. The first-order chi connectivity index (χ1) is 20.2. The summed E-state index contributed by atoms with van der Waals surface area (Å²) in [7, 11) is -1.69. The summed E-state index contributed by atoms with van der Waals surface area (Å²) in [6, 6.07) is 0. The Labute approximate surface area is 261 Å². The maximum atomic E-state index is 11.9. The quantitative estimate of drug-likeness (QED) is 0.0423. The van der Waals surface area contributed by atoms with Gasteiger partial charge >= 0.3 is 5.97 Å². The van der Waals surface area contributed by atoms with Crippen molar-refractivity contribution >= 4 is 14.3 Å². The second-order valence-electron chi connectivity index (χ2n) is 13.0. The average Bonchev–Trinajstić information content (AvgIpc) is 2.94. The fourth-order valence-electron chi connectivity index (χ4n) is 4.26. The smallest absolute Gasteiger partial charge is 0.305 e. The van der Waals surface area contributed by atoms with Gasteiger partial charge in [0.1, 0.15) is 6.61 Å². The van der Waals surface area contributed by atoms with Gasteiger partial charge in [-0.25, -0.2) is 0 Å². The molecular formula is C34H70O7Si. The third kappa shape index (κ3) is 28.3. The highest BCUT2D eigenvalue weighted by Crippen LogP contribution is 2.36. The van der Waals surface area contributed by atoms with E-state index in [9.17, 15) is 4.79 Å². The van der Waals surface area contributed by atoms with Crippen molar-refractivity contribution in [3.8, 4) is 0 Å². The fraction of sp³-hybridized carbons (Fsp3) is 0.971. The van der Waals surface area contributed by atoms with Crippen LogP contribution in [0.15, 0.2) is 0 Å². The first-order valence-corrected chi connectivity index (χ1v) is 20.2. The summed E-state index contributed by atoms with van der Waals surface area (Å²) in [5.74, 6) is -0.117. The van der Waals surface area contributed by atoms with Crippen molar-refractivity contribution in [3.63, 3.8) is 0 Å². The summed E-state index contributed by atoms with van der Waals surface area (Å²) in [5, 5.41) is 0.221. The molecule has 0 spiro atoms. The number of rotatable bonds is 32. The topological polar surface area (TPSA) is 72.5 Å². The highest BCUT2D eigenvalue weighted by Gasteiger charge is 2.36. The molecule has 0 rings (SSSR count). The summed E-state index contributed by atoms with van der Waals surface area (Å²) >= 11 is 0. The van der Waals surface area contributed by atoms with Gasteiger partial charge in [0.05, 0.1) is 59.5 Å². The summed E-state index contributed by atoms with van der Waals surface area (Å²) in [6.07, 6.45) is 20.4. The lowest BCUT2D eigenvalue weighted by Gasteiger charge is -2.36. The van der Waals surface area contributed by atoms with Crippen LogP contribution < -0.4 is 0 Å². The number of ether oxygens (including phenoxy) is 5. The van der Waals surface area contributed by atoms with Gasteiger partial charge in [0.2, 0.25) is 0 Å². The minimum Gasteiger partial charge on any atom is -0.463 e. The molecule has 8 heteroatoms. The zero-order chi connectivity index (χ0) is 31.2. The highest BCUT2D eigenvalue weighted by molar-refractivity contribution is 6.74. The fourth-order valence-corrected chi connectivity index (χ4v) is 5.29. The van der Waals surface area contributed by atoms with E-state index < -0.39 is 8.32 Å². The molecule has 0 saturated heterocycles. The van der Waals surface area contributed by atoms with Crippen LogP contribution in [0.4, 0.5) is 0 Å². The molecule has 0 N–H and O–H groups in total. The Hall–Kier alpha value is -0.513. The van der Waals surface area contributed by atoms with E-state index in [1.165, 1.54) is 83.5 Å². The van der Waals surface area contributed by atoms with E-state index in [0.717, 1.165) is 12.8 Å². The Morgan fingerprint density at radius 3 is 1.21 bits per heavy atom. The van der Waals surface area contributed by atoms with Gasteiger partial charge in [-0.1, -0.05) is 118 Å². The standard InChI is InChI=1S/C34H70O7Si/c1-7-8-9-10-11-12-13-14-15-16-17-18-19-20-21-22-33(35)40-31-29-38-27-25-36-23-24-37-26-28-39-30-32-41-42(5,6)34(2,3)4/h7-32H2,1-6H3. The van der Waals surface area contributed by atoms with Gasteiger partial charge in [0, 0.05) is 6.42 Å². The van der Waals surface area contributed by atoms with Crippen LogP contribution >= 0.6 is 0 Å². The molecule has 0 aromatic rings. The predicted octanol–water partition coefficient (Wildman–Crippen LogP) is 8.88. The minimum absolute atomic E-state index is 0.117. The maximum absolute atomic E-state index is 11.9. The average molecular weight is 619 g/mol. The second-order valence-corrected chi connectivity index (χ2v) is 17.8. The Balaban J connectivity index is 3.24. The SMILES string of the molecule is CCCCCCCCCCCCCCCCCC(=O)OCCOCCOCCOCCOCCO[Si](C)(C)C(C)(C)C. The zero-order valence-corrected chi connectivity index (χ0v) is 29.7. The van der Waals surface area contributed by atoms with Crippen molar-refractivity contribution in [3.05, 3.63) is 0 Å². The van der Waals surface area contributed by atoms with E-state index in [1.807, 2.05) is 0 Å². The molecule has 0 radical (unpaired) electrons. The molecular weight excluding hydrogens is 548 g/mol. The van der Waals surface area contributed by atoms with Crippen molar-refractivity contribution in [1.29, 1.82) is 0 Å². The van der Waals surface area contributed by atoms with Crippen LogP contribution in [0.2, 0.25) is 18.1 Å². The van der Waals surface area contributed by atoms with Gasteiger partial charge in [-0.15, -0.1) is 0 Å². The Morgan fingerprint density at radius 1 is 0.500 bits per heavy atom. The van der Waals surface area contributed by atoms with E-state index in [4.69, 9.17) is 28.1 Å². The van der Waals surface area contributed by atoms with Crippen LogP contribution in [0, 0.1) is 0 Å². The molecule has 42 heavy (non-hydrogen) atoms. The van der Waals surface area contributed by atoms with Gasteiger partial charge in [-0.2, -0.15) is 0 Å². The Kier molecular flexibility index (Phi) is 28.9. The molecule has 0 heterocycles. The van der Waals surface area contributed by atoms with Crippen molar-refractivity contribution in [1.82, 2.24) is 0 Å². The summed E-state index contributed by atoms with van der Waals surface area (Å²) in [5.41, 5.74) is 0. The van der Waals surface area contributed by atoms with Crippen LogP contribution in [-0.4, -0.2) is 80.4 Å². The van der Waals surface area contributed by atoms with Crippen LogP contribution in [0.1, 0.15) is 130 Å². The molecule has 0 bridgehead atoms. The van der Waals surface area contributed by atoms with Crippen LogP contribution in [0.25, 0.3) is 0 Å². The van der Waals surface area contributed by atoms with Crippen molar-refractivity contribution < 1.29 is 32.9 Å². The van der Waals surface area contributed by atoms with Gasteiger partial charge in [-0.05, 0) is 24.6 Å². The third-order valence-electron chi connectivity index (χ3n) is 8.09. The normalized spacial score (nSPS) is 12.2. The molecule has 0 fully saturated rings. The molecule has 0 aliphatic rings. The molecule has 0 aliphatic carbocycles. The molecule has 252 valence electrons. The van der Waals surface area contributed by atoms with Gasteiger partial charge in [0.25, 0.3) is 0 Å². The third-order valence-corrected chi connectivity index (χ3v) is 12.6. The molecule has 0 saturated carbocycles.